The second kappa shape index (κ2) is 10.4. The van der Waals surface area contributed by atoms with Gasteiger partial charge in [0.2, 0.25) is 16.6 Å². The summed E-state index contributed by atoms with van der Waals surface area (Å²) in [5, 5.41) is 20.7. The fourth-order valence-corrected chi connectivity index (χ4v) is 19.3. The van der Waals surface area contributed by atoms with E-state index in [9.17, 15) is 10.2 Å². The van der Waals surface area contributed by atoms with Crippen LogP contribution in [-0.4, -0.2) is 69.9 Å². The Bertz CT molecular complexity index is 636. The van der Waals surface area contributed by atoms with Gasteiger partial charge in [0, 0.05) is 10.4 Å². The highest BCUT2D eigenvalue weighted by molar-refractivity contribution is 6.94. The summed E-state index contributed by atoms with van der Waals surface area (Å²) in [6.07, 6.45) is 0. The normalized spacial score (nSPS) is 13.5. The zero-order valence-corrected chi connectivity index (χ0v) is 24.5. The zero-order valence-electron chi connectivity index (χ0n) is 20.5. The highest BCUT2D eigenvalue weighted by Gasteiger charge is 2.39. The van der Waals surface area contributed by atoms with Gasteiger partial charge >= 0.3 is 0 Å². The first-order valence-electron chi connectivity index (χ1n) is 10.6. The van der Waals surface area contributed by atoms with E-state index in [1.807, 2.05) is 12.1 Å². The molecule has 1 aromatic rings. The highest BCUT2D eigenvalue weighted by atomic mass is 28.4. The van der Waals surface area contributed by atoms with Crippen molar-refractivity contribution in [3.8, 4) is 11.5 Å². The summed E-state index contributed by atoms with van der Waals surface area (Å²) in [6.45, 7) is 22.1. The summed E-state index contributed by atoms with van der Waals surface area (Å²) >= 11 is 0. The third kappa shape index (κ3) is 8.58. The fourth-order valence-electron chi connectivity index (χ4n) is 3.69. The molecular weight excluding hydrogens is 449 g/mol. The molecule has 0 radical (unpaired) electrons. The summed E-state index contributed by atoms with van der Waals surface area (Å²) in [7, 11) is -8.20. The van der Waals surface area contributed by atoms with Gasteiger partial charge in [-0.15, -0.1) is 0 Å². The Hall–Kier alpha value is -0.472. The minimum Gasteiger partial charge on any atom is -0.491 e. The van der Waals surface area contributed by atoms with Crippen molar-refractivity contribution in [2.45, 2.75) is 65.5 Å². The number of benzene rings is 1. The molecule has 0 fully saturated rings. The van der Waals surface area contributed by atoms with Crippen LogP contribution >= 0.6 is 0 Å². The lowest BCUT2D eigenvalue weighted by Crippen LogP contribution is -2.55. The lowest BCUT2D eigenvalue weighted by molar-refractivity contribution is 0.199. The molecule has 1 rings (SSSR count). The summed E-state index contributed by atoms with van der Waals surface area (Å²) in [5.41, 5.74) is 0. The Labute approximate surface area is 187 Å². The SMILES string of the molecule is C[Si](C)(C)O[Si](C)(C)c1cc(OCCO)c([Si](C)(C)O[Si](C)(C)C)cc1OCCO. The van der Waals surface area contributed by atoms with E-state index in [0.717, 1.165) is 21.9 Å². The van der Waals surface area contributed by atoms with Crippen LogP contribution in [0.4, 0.5) is 0 Å². The molecule has 0 heterocycles. The molecule has 0 unspecified atom stereocenters. The molecule has 0 saturated carbocycles. The van der Waals surface area contributed by atoms with Gasteiger partial charge in [0.25, 0.3) is 0 Å². The summed E-state index contributed by atoms with van der Waals surface area (Å²) in [4.78, 5) is 0. The van der Waals surface area contributed by atoms with Crippen LogP contribution in [0, 0.1) is 0 Å². The number of aliphatic hydroxyl groups excluding tert-OH is 2. The third-order valence-corrected chi connectivity index (χ3v) is 16.6. The van der Waals surface area contributed by atoms with Crippen LogP contribution in [0.15, 0.2) is 12.1 Å². The molecule has 2 N–H and O–H groups in total. The molecule has 0 aliphatic heterocycles. The Kier molecular flexibility index (Phi) is 9.58. The number of aliphatic hydroxyl groups is 2. The molecule has 10 heteroatoms. The van der Waals surface area contributed by atoms with Crippen molar-refractivity contribution < 1.29 is 27.9 Å². The first-order chi connectivity index (χ1) is 13.5. The predicted octanol–water partition coefficient (Wildman–Crippen LogP) is 2.96. The maximum Gasteiger partial charge on any atom is 0.209 e. The van der Waals surface area contributed by atoms with Gasteiger partial charge in [0.15, 0.2) is 16.6 Å². The summed E-state index contributed by atoms with van der Waals surface area (Å²) in [6, 6.07) is 4.07. The zero-order chi connectivity index (χ0) is 23.4. The topological polar surface area (TPSA) is 77.4 Å². The van der Waals surface area contributed by atoms with E-state index in [1.54, 1.807) is 0 Å². The molecular formula is C20H42O6Si4. The van der Waals surface area contributed by atoms with Crippen LogP contribution in [0.2, 0.25) is 65.5 Å². The standard InChI is InChI=1S/C20H42O6Si4/c1-27(2,3)25-29(7,8)19-15-18(24-14-12-22)20(16-17(19)23-13-11-21)30(9,10)26-28(4,5)6/h15-16,21-22H,11-14H2,1-10H3. The second-order valence-corrected chi connectivity index (χ2v) is 27.6. The van der Waals surface area contributed by atoms with Crippen LogP contribution in [0.5, 0.6) is 11.5 Å². The molecule has 0 amide bonds. The average molecular weight is 491 g/mol. The number of rotatable bonds is 12. The molecule has 0 aliphatic rings. The number of hydrogen-bond donors (Lipinski definition) is 2. The van der Waals surface area contributed by atoms with Crippen molar-refractivity contribution in [2.75, 3.05) is 26.4 Å². The minimum absolute atomic E-state index is 0.0549. The van der Waals surface area contributed by atoms with Gasteiger partial charge in [-0.3, -0.25) is 0 Å². The highest BCUT2D eigenvalue weighted by Crippen LogP contribution is 2.26. The predicted molar refractivity (Wildman–Crippen MR) is 135 cm³/mol. The van der Waals surface area contributed by atoms with E-state index < -0.39 is 33.3 Å². The van der Waals surface area contributed by atoms with E-state index in [2.05, 4.69) is 65.5 Å². The van der Waals surface area contributed by atoms with Gasteiger partial charge in [-0.05, 0) is 77.6 Å². The van der Waals surface area contributed by atoms with Crippen LogP contribution in [0.3, 0.4) is 0 Å². The van der Waals surface area contributed by atoms with Gasteiger partial charge in [-0.1, -0.05) is 0 Å². The van der Waals surface area contributed by atoms with Gasteiger partial charge in [-0.25, -0.2) is 0 Å². The van der Waals surface area contributed by atoms with Crippen LogP contribution in [0.1, 0.15) is 0 Å². The maximum absolute atomic E-state index is 9.36. The lowest BCUT2D eigenvalue weighted by Gasteiger charge is -2.36. The molecule has 0 aliphatic carbocycles. The molecule has 0 saturated heterocycles. The number of ether oxygens (including phenoxy) is 2. The first kappa shape index (κ1) is 27.6. The Morgan fingerprint density at radius 3 is 1.13 bits per heavy atom. The smallest absolute Gasteiger partial charge is 0.209 e. The largest absolute Gasteiger partial charge is 0.491 e. The van der Waals surface area contributed by atoms with Crippen molar-refractivity contribution in [2.24, 2.45) is 0 Å². The Morgan fingerprint density at radius 1 is 0.600 bits per heavy atom. The van der Waals surface area contributed by atoms with E-state index in [4.69, 9.17) is 17.7 Å². The van der Waals surface area contributed by atoms with Crippen LogP contribution in [0.25, 0.3) is 0 Å². The molecule has 0 bridgehead atoms. The van der Waals surface area contributed by atoms with Crippen molar-refractivity contribution in [1.29, 1.82) is 0 Å². The molecule has 0 spiro atoms. The Morgan fingerprint density at radius 2 is 0.900 bits per heavy atom. The lowest BCUT2D eigenvalue weighted by atomic mass is 10.3. The van der Waals surface area contributed by atoms with E-state index in [1.165, 1.54) is 0 Å². The second-order valence-electron chi connectivity index (χ2n) is 10.4. The number of hydrogen-bond acceptors (Lipinski definition) is 6. The van der Waals surface area contributed by atoms with E-state index >= 15 is 0 Å². The average Bonchev–Trinajstić information content (AvgIpc) is 2.53. The Balaban J connectivity index is 3.66. The fraction of sp³-hybridized carbons (Fsp3) is 0.700. The molecule has 0 atom stereocenters. The molecule has 30 heavy (non-hydrogen) atoms. The maximum atomic E-state index is 9.36. The first-order valence-corrected chi connectivity index (χ1v) is 23.2. The van der Waals surface area contributed by atoms with E-state index in [-0.39, 0.29) is 26.4 Å². The summed E-state index contributed by atoms with van der Waals surface area (Å²) < 4.78 is 25.2. The molecule has 6 nitrogen and oxygen atoms in total. The van der Waals surface area contributed by atoms with Crippen LogP contribution in [-0.2, 0) is 8.23 Å². The van der Waals surface area contributed by atoms with Crippen molar-refractivity contribution in [1.82, 2.24) is 0 Å². The molecule has 0 aromatic heterocycles. The molecule has 1 aromatic carbocycles. The van der Waals surface area contributed by atoms with Crippen molar-refractivity contribution in [3.05, 3.63) is 12.1 Å². The van der Waals surface area contributed by atoms with Crippen LogP contribution < -0.4 is 19.8 Å². The third-order valence-electron chi connectivity index (χ3n) is 4.20. The quantitative estimate of drug-likeness (QED) is 0.439. The van der Waals surface area contributed by atoms with Gasteiger partial charge in [-0.2, -0.15) is 0 Å². The molecule has 174 valence electrons. The summed E-state index contributed by atoms with van der Waals surface area (Å²) in [5.74, 6) is 1.48. The van der Waals surface area contributed by atoms with Gasteiger partial charge in [0.1, 0.15) is 24.7 Å². The monoisotopic (exact) mass is 490 g/mol. The minimum atomic E-state index is -2.31. The van der Waals surface area contributed by atoms with Gasteiger partial charge < -0.3 is 27.9 Å². The van der Waals surface area contributed by atoms with E-state index in [0.29, 0.717) is 0 Å². The van der Waals surface area contributed by atoms with Crippen molar-refractivity contribution in [3.63, 3.8) is 0 Å². The van der Waals surface area contributed by atoms with Gasteiger partial charge in [0.05, 0.1) is 13.2 Å². The van der Waals surface area contributed by atoms with Crippen molar-refractivity contribution >= 4 is 43.6 Å².